The Morgan fingerprint density at radius 2 is 1.74 bits per heavy atom. The van der Waals surface area contributed by atoms with Crippen molar-refractivity contribution in [3.8, 4) is 0 Å². The average molecular weight is 333 g/mol. The highest BCUT2D eigenvalue weighted by Crippen LogP contribution is 2.49. The molecule has 0 spiro atoms. The van der Waals surface area contributed by atoms with Crippen LogP contribution in [0.3, 0.4) is 0 Å². The number of aliphatic carboxylic acids is 1. The minimum atomic E-state index is -2.81. The maximum Gasteiger partial charge on any atom is 0.410 e. The van der Waals surface area contributed by atoms with Gasteiger partial charge >= 0.3 is 12.1 Å². The fourth-order valence-electron chi connectivity index (χ4n) is 3.63. The smallest absolute Gasteiger partial charge is 0.410 e. The molecule has 1 unspecified atom stereocenters. The molecule has 1 heterocycles. The predicted molar refractivity (Wildman–Crippen MR) is 79.4 cm³/mol. The lowest BCUT2D eigenvalue weighted by molar-refractivity contribution is -0.162. The number of amides is 1. The molecule has 1 atom stereocenters. The van der Waals surface area contributed by atoms with Gasteiger partial charge in [-0.15, -0.1) is 0 Å². The van der Waals surface area contributed by atoms with Crippen molar-refractivity contribution in [2.45, 2.75) is 76.9 Å². The number of halogens is 2. The summed E-state index contributed by atoms with van der Waals surface area (Å²) in [7, 11) is 0. The molecule has 1 aliphatic heterocycles. The lowest BCUT2D eigenvalue weighted by Crippen LogP contribution is -2.54. The highest BCUT2D eigenvalue weighted by molar-refractivity contribution is 5.78. The Hall–Kier alpha value is -1.40. The summed E-state index contributed by atoms with van der Waals surface area (Å²) in [6.45, 7) is 5.63. The lowest BCUT2D eigenvalue weighted by Gasteiger charge is -2.44. The first-order valence-corrected chi connectivity index (χ1v) is 8.08. The maximum absolute atomic E-state index is 13.5. The first kappa shape index (κ1) is 17.9. The number of ether oxygens (including phenoxy) is 1. The molecule has 23 heavy (non-hydrogen) atoms. The van der Waals surface area contributed by atoms with Gasteiger partial charge in [-0.25, -0.2) is 13.6 Å². The highest BCUT2D eigenvalue weighted by atomic mass is 19.3. The number of likely N-dealkylation sites (tertiary alicyclic amines) is 1. The van der Waals surface area contributed by atoms with E-state index >= 15 is 0 Å². The predicted octanol–water partition coefficient (Wildman–Crippen LogP) is 3.67. The van der Waals surface area contributed by atoms with Gasteiger partial charge in [-0.2, -0.15) is 0 Å². The number of nitrogens with zero attached hydrogens (tertiary/aromatic N) is 1. The van der Waals surface area contributed by atoms with Gasteiger partial charge in [-0.3, -0.25) is 4.79 Å². The molecule has 0 bridgehead atoms. The molecule has 0 radical (unpaired) electrons. The zero-order valence-electron chi connectivity index (χ0n) is 13.9. The minimum absolute atomic E-state index is 0.112. The number of carbonyl (C=O) groups is 2. The number of hydrogen-bond donors (Lipinski definition) is 1. The Kier molecular flexibility index (Phi) is 4.61. The first-order valence-electron chi connectivity index (χ1n) is 8.08. The van der Waals surface area contributed by atoms with Crippen LogP contribution in [0.15, 0.2) is 0 Å². The number of carbonyl (C=O) groups excluding carboxylic acids is 1. The second kappa shape index (κ2) is 5.91. The molecular weight excluding hydrogens is 308 g/mol. The third-order valence-corrected chi connectivity index (χ3v) is 4.82. The van der Waals surface area contributed by atoms with Gasteiger partial charge in [-0.1, -0.05) is 0 Å². The van der Waals surface area contributed by atoms with Crippen LogP contribution in [-0.4, -0.2) is 46.2 Å². The van der Waals surface area contributed by atoms with Crippen LogP contribution >= 0.6 is 0 Å². The second-order valence-electron chi connectivity index (χ2n) is 7.65. The third-order valence-electron chi connectivity index (χ3n) is 4.82. The van der Waals surface area contributed by atoms with Crippen LogP contribution in [0.4, 0.5) is 13.6 Å². The van der Waals surface area contributed by atoms with Crippen molar-refractivity contribution in [1.29, 1.82) is 0 Å². The SMILES string of the molecule is CC(C)(C)OC(=O)N1CCCC1C1(C(=O)O)CCC(F)(F)CC1. The van der Waals surface area contributed by atoms with Crippen molar-refractivity contribution in [3.63, 3.8) is 0 Å². The monoisotopic (exact) mass is 333 g/mol. The summed E-state index contributed by atoms with van der Waals surface area (Å²) in [6, 6.07) is -0.578. The van der Waals surface area contributed by atoms with Gasteiger partial charge in [0.15, 0.2) is 0 Å². The van der Waals surface area contributed by atoms with E-state index in [0.717, 1.165) is 0 Å². The molecule has 132 valence electrons. The molecule has 2 fully saturated rings. The highest BCUT2D eigenvalue weighted by Gasteiger charge is 2.56. The standard InChI is InChI=1S/C16H25F2NO4/c1-14(2,3)23-13(22)19-10-4-5-11(19)15(12(20)21)6-8-16(17,18)9-7-15/h11H,4-10H2,1-3H3,(H,20,21). The molecule has 1 saturated heterocycles. The summed E-state index contributed by atoms with van der Waals surface area (Å²) in [6.07, 6.45) is -0.501. The Morgan fingerprint density at radius 1 is 1.17 bits per heavy atom. The molecule has 1 aliphatic carbocycles. The Bertz CT molecular complexity index is 477. The zero-order chi connectivity index (χ0) is 17.5. The van der Waals surface area contributed by atoms with Gasteiger partial charge in [0.25, 0.3) is 0 Å². The van der Waals surface area contributed by atoms with Gasteiger partial charge in [0.2, 0.25) is 5.92 Å². The van der Waals surface area contributed by atoms with Crippen molar-refractivity contribution in [2.75, 3.05) is 6.54 Å². The van der Waals surface area contributed by atoms with E-state index in [-0.39, 0.29) is 12.8 Å². The van der Waals surface area contributed by atoms with Crippen molar-refractivity contribution >= 4 is 12.1 Å². The van der Waals surface area contributed by atoms with E-state index in [9.17, 15) is 23.5 Å². The fourth-order valence-corrected chi connectivity index (χ4v) is 3.63. The number of carboxylic acids is 1. The van der Waals surface area contributed by atoms with Crippen LogP contribution in [-0.2, 0) is 9.53 Å². The molecule has 2 rings (SSSR count). The third kappa shape index (κ3) is 3.75. The summed E-state index contributed by atoms with van der Waals surface area (Å²) in [5, 5.41) is 9.73. The quantitative estimate of drug-likeness (QED) is 0.837. The van der Waals surface area contributed by atoms with Crippen molar-refractivity contribution in [1.82, 2.24) is 4.90 Å². The lowest BCUT2D eigenvalue weighted by atomic mass is 9.67. The Morgan fingerprint density at radius 3 is 2.22 bits per heavy atom. The molecule has 1 amide bonds. The van der Waals surface area contributed by atoms with Crippen LogP contribution in [0.25, 0.3) is 0 Å². The van der Waals surface area contributed by atoms with Crippen LogP contribution in [0.2, 0.25) is 0 Å². The number of alkyl halides is 2. The molecular formula is C16H25F2NO4. The van der Waals surface area contributed by atoms with Gasteiger partial charge < -0.3 is 14.7 Å². The molecule has 7 heteroatoms. The van der Waals surface area contributed by atoms with Crippen molar-refractivity contribution in [2.24, 2.45) is 5.41 Å². The van der Waals surface area contributed by atoms with Gasteiger partial charge in [-0.05, 0) is 46.5 Å². The van der Waals surface area contributed by atoms with Gasteiger partial charge in [0, 0.05) is 19.4 Å². The van der Waals surface area contributed by atoms with Crippen LogP contribution in [0.5, 0.6) is 0 Å². The normalized spacial score (nSPS) is 26.8. The van der Waals surface area contributed by atoms with Gasteiger partial charge in [0.1, 0.15) is 5.60 Å². The Labute approximate surface area is 135 Å². The Balaban J connectivity index is 2.22. The van der Waals surface area contributed by atoms with E-state index in [1.807, 2.05) is 0 Å². The van der Waals surface area contributed by atoms with Crippen LogP contribution in [0, 0.1) is 5.41 Å². The second-order valence-corrected chi connectivity index (χ2v) is 7.65. The molecule has 5 nitrogen and oxygen atoms in total. The number of carboxylic acid groups (broad SMARTS) is 1. The fraction of sp³-hybridized carbons (Fsp3) is 0.875. The minimum Gasteiger partial charge on any atom is -0.481 e. The molecule has 0 aromatic heterocycles. The average Bonchev–Trinajstić information content (AvgIpc) is 2.86. The maximum atomic E-state index is 13.5. The van der Waals surface area contributed by atoms with E-state index in [0.29, 0.717) is 19.4 Å². The number of hydrogen-bond acceptors (Lipinski definition) is 3. The zero-order valence-corrected chi connectivity index (χ0v) is 13.9. The van der Waals surface area contributed by atoms with E-state index in [1.165, 1.54) is 4.90 Å². The molecule has 0 aromatic carbocycles. The van der Waals surface area contributed by atoms with Crippen LogP contribution < -0.4 is 0 Å². The summed E-state index contributed by atoms with van der Waals surface area (Å²) < 4.78 is 32.3. The van der Waals surface area contributed by atoms with Crippen molar-refractivity contribution in [3.05, 3.63) is 0 Å². The summed E-state index contributed by atoms with van der Waals surface area (Å²) in [4.78, 5) is 25.7. The molecule has 1 N–H and O–H groups in total. The largest absolute Gasteiger partial charge is 0.481 e. The van der Waals surface area contributed by atoms with E-state index < -0.39 is 47.9 Å². The van der Waals surface area contributed by atoms with E-state index in [4.69, 9.17) is 4.74 Å². The molecule has 2 aliphatic rings. The molecule has 0 aromatic rings. The summed E-state index contributed by atoms with van der Waals surface area (Å²) >= 11 is 0. The number of rotatable bonds is 2. The molecule has 1 saturated carbocycles. The van der Waals surface area contributed by atoms with Gasteiger partial charge in [0.05, 0.1) is 11.5 Å². The van der Waals surface area contributed by atoms with Crippen LogP contribution in [0.1, 0.15) is 59.3 Å². The first-order chi connectivity index (χ1) is 10.5. The summed E-state index contributed by atoms with van der Waals surface area (Å²) in [5.41, 5.74) is -1.98. The van der Waals surface area contributed by atoms with Crippen molar-refractivity contribution < 1.29 is 28.2 Å². The topological polar surface area (TPSA) is 66.8 Å². The van der Waals surface area contributed by atoms with E-state index in [2.05, 4.69) is 0 Å². The summed E-state index contributed by atoms with van der Waals surface area (Å²) in [5.74, 6) is -3.90. The van der Waals surface area contributed by atoms with E-state index in [1.54, 1.807) is 20.8 Å².